The summed E-state index contributed by atoms with van der Waals surface area (Å²) in [4.78, 5) is 13.1. The third-order valence-corrected chi connectivity index (χ3v) is 1.87. The van der Waals surface area contributed by atoms with Crippen molar-refractivity contribution in [2.45, 2.75) is 26.3 Å². The number of nitrogens with zero attached hydrogens (tertiary/aromatic N) is 1. The van der Waals surface area contributed by atoms with Gasteiger partial charge in [0, 0.05) is 19.6 Å². The first-order valence-corrected chi connectivity index (χ1v) is 5.21. The van der Waals surface area contributed by atoms with E-state index in [1.165, 1.54) is 0 Å². The Hall–Kier alpha value is -0.545. The largest absolute Gasteiger partial charge is 0.377 e. The van der Waals surface area contributed by atoms with Gasteiger partial charge in [0.05, 0.1) is 12.7 Å². The average molecular weight is 200 g/mol. The standard InChI is InChI=1S/C9H21BN2O2/c1-8(2)14-6-5-12(4-3-11)9(13)7-10/h8H,3-7,10-11H2,1-2H3. The van der Waals surface area contributed by atoms with Crippen LogP contribution in [-0.2, 0) is 9.53 Å². The lowest BCUT2D eigenvalue weighted by Crippen LogP contribution is -2.37. The smallest absolute Gasteiger partial charge is 0.214 e. The maximum absolute atomic E-state index is 11.4. The molecule has 0 aliphatic heterocycles. The predicted molar refractivity (Wildman–Crippen MR) is 60.1 cm³/mol. The number of amides is 1. The second-order valence-electron chi connectivity index (χ2n) is 3.44. The zero-order valence-electron chi connectivity index (χ0n) is 9.45. The van der Waals surface area contributed by atoms with Gasteiger partial charge in [-0.1, -0.05) is 0 Å². The molecule has 0 saturated carbocycles. The molecule has 0 aromatic rings. The van der Waals surface area contributed by atoms with Gasteiger partial charge in [0.15, 0.2) is 0 Å². The molecule has 0 bridgehead atoms. The topological polar surface area (TPSA) is 55.6 Å². The molecular formula is C9H21BN2O2. The van der Waals surface area contributed by atoms with Crippen LogP contribution in [0.5, 0.6) is 0 Å². The minimum atomic E-state index is 0.141. The summed E-state index contributed by atoms with van der Waals surface area (Å²) in [6, 6.07) is 0. The highest BCUT2D eigenvalue weighted by Crippen LogP contribution is 1.94. The van der Waals surface area contributed by atoms with Crippen molar-refractivity contribution in [1.29, 1.82) is 0 Å². The molecule has 4 nitrogen and oxygen atoms in total. The molecule has 0 atom stereocenters. The first-order valence-electron chi connectivity index (χ1n) is 5.21. The van der Waals surface area contributed by atoms with Crippen LogP contribution in [-0.4, -0.2) is 51.0 Å². The highest BCUT2D eigenvalue weighted by atomic mass is 16.5. The van der Waals surface area contributed by atoms with Crippen LogP contribution in [0.15, 0.2) is 0 Å². The summed E-state index contributed by atoms with van der Waals surface area (Å²) < 4.78 is 5.38. The van der Waals surface area contributed by atoms with Crippen LogP contribution in [0.3, 0.4) is 0 Å². The van der Waals surface area contributed by atoms with E-state index < -0.39 is 0 Å². The third kappa shape index (κ3) is 5.99. The zero-order valence-corrected chi connectivity index (χ0v) is 9.45. The van der Waals surface area contributed by atoms with Crippen LogP contribution in [0.2, 0.25) is 6.32 Å². The number of carbonyl (C=O) groups is 1. The molecule has 0 unspecified atom stereocenters. The fraction of sp³-hybridized carbons (Fsp3) is 0.889. The van der Waals surface area contributed by atoms with Crippen molar-refractivity contribution in [3.63, 3.8) is 0 Å². The van der Waals surface area contributed by atoms with E-state index in [9.17, 15) is 4.79 Å². The van der Waals surface area contributed by atoms with Gasteiger partial charge in [-0.15, -0.1) is 0 Å². The van der Waals surface area contributed by atoms with Crippen molar-refractivity contribution in [3.05, 3.63) is 0 Å². The van der Waals surface area contributed by atoms with Crippen LogP contribution >= 0.6 is 0 Å². The van der Waals surface area contributed by atoms with E-state index in [1.54, 1.807) is 4.90 Å². The first-order chi connectivity index (χ1) is 6.61. The summed E-state index contributed by atoms with van der Waals surface area (Å²) in [6.07, 6.45) is 0.744. The highest BCUT2D eigenvalue weighted by Gasteiger charge is 2.09. The molecule has 1 amide bonds. The Morgan fingerprint density at radius 3 is 2.57 bits per heavy atom. The molecule has 2 N–H and O–H groups in total. The molecule has 14 heavy (non-hydrogen) atoms. The molecule has 0 radical (unpaired) electrons. The van der Waals surface area contributed by atoms with E-state index in [0.717, 1.165) is 0 Å². The minimum absolute atomic E-state index is 0.141. The Morgan fingerprint density at radius 1 is 1.50 bits per heavy atom. The first kappa shape index (κ1) is 13.5. The molecule has 0 aliphatic rings. The summed E-state index contributed by atoms with van der Waals surface area (Å²) >= 11 is 0. The lowest BCUT2D eigenvalue weighted by molar-refractivity contribution is -0.129. The Labute approximate surface area is 87.2 Å². The summed E-state index contributed by atoms with van der Waals surface area (Å²) in [5.74, 6) is 0.141. The fourth-order valence-corrected chi connectivity index (χ4v) is 1.14. The van der Waals surface area contributed by atoms with Crippen molar-refractivity contribution in [2.24, 2.45) is 5.73 Å². The Bertz CT molecular complexity index is 165. The second-order valence-corrected chi connectivity index (χ2v) is 3.44. The number of nitrogens with two attached hydrogens (primary N) is 1. The molecule has 0 fully saturated rings. The Balaban J connectivity index is 3.78. The van der Waals surface area contributed by atoms with E-state index >= 15 is 0 Å². The maximum atomic E-state index is 11.4. The molecule has 0 aromatic carbocycles. The second kappa shape index (κ2) is 7.82. The third-order valence-electron chi connectivity index (χ3n) is 1.87. The summed E-state index contributed by atoms with van der Waals surface area (Å²) in [7, 11) is 1.86. The molecule has 0 aliphatic carbocycles. The number of carbonyl (C=O) groups excluding carboxylic acids is 1. The van der Waals surface area contributed by atoms with Crippen LogP contribution in [0.1, 0.15) is 13.8 Å². The highest BCUT2D eigenvalue weighted by molar-refractivity contribution is 6.19. The monoisotopic (exact) mass is 200 g/mol. The van der Waals surface area contributed by atoms with Crippen molar-refractivity contribution < 1.29 is 9.53 Å². The van der Waals surface area contributed by atoms with Crippen LogP contribution in [0.25, 0.3) is 0 Å². The van der Waals surface area contributed by atoms with Gasteiger partial charge < -0.3 is 15.4 Å². The van der Waals surface area contributed by atoms with Gasteiger partial charge in [-0.3, -0.25) is 4.79 Å². The summed E-state index contributed by atoms with van der Waals surface area (Å²) in [5.41, 5.74) is 5.42. The van der Waals surface area contributed by atoms with Crippen LogP contribution in [0.4, 0.5) is 0 Å². The number of hydrogen-bond acceptors (Lipinski definition) is 3. The minimum Gasteiger partial charge on any atom is -0.377 e. The van der Waals surface area contributed by atoms with E-state index in [4.69, 9.17) is 10.5 Å². The van der Waals surface area contributed by atoms with E-state index in [1.807, 2.05) is 21.7 Å². The Morgan fingerprint density at radius 2 is 2.14 bits per heavy atom. The fourth-order valence-electron chi connectivity index (χ4n) is 1.14. The Kier molecular flexibility index (Phi) is 7.52. The van der Waals surface area contributed by atoms with Crippen molar-refractivity contribution >= 4 is 13.8 Å². The van der Waals surface area contributed by atoms with Gasteiger partial charge in [0.25, 0.3) is 0 Å². The maximum Gasteiger partial charge on any atom is 0.214 e. The molecular weight excluding hydrogens is 179 g/mol. The van der Waals surface area contributed by atoms with Gasteiger partial charge in [0.2, 0.25) is 5.91 Å². The van der Waals surface area contributed by atoms with Crippen molar-refractivity contribution in [2.75, 3.05) is 26.2 Å². The lowest BCUT2D eigenvalue weighted by Gasteiger charge is -2.21. The van der Waals surface area contributed by atoms with Crippen LogP contribution in [0, 0.1) is 0 Å². The van der Waals surface area contributed by atoms with E-state index in [-0.39, 0.29) is 12.0 Å². The molecule has 0 aromatic heterocycles. The summed E-state index contributed by atoms with van der Waals surface area (Å²) in [5, 5.41) is 0. The molecule has 0 saturated heterocycles. The quantitative estimate of drug-likeness (QED) is 0.550. The van der Waals surface area contributed by atoms with Gasteiger partial charge in [-0.2, -0.15) is 0 Å². The van der Waals surface area contributed by atoms with E-state index in [0.29, 0.717) is 32.6 Å². The predicted octanol–water partition coefficient (Wildman–Crippen LogP) is -0.750. The van der Waals surface area contributed by atoms with Crippen molar-refractivity contribution in [1.82, 2.24) is 4.90 Å². The normalized spacial score (nSPS) is 10.6. The average Bonchev–Trinajstić information content (AvgIpc) is 2.15. The van der Waals surface area contributed by atoms with Crippen LogP contribution < -0.4 is 5.73 Å². The summed E-state index contributed by atoms with van der Waals surface area (Å²) in [6.45, 7) is 6.32. The van der Waals surface area contributed by atoms with Crippen molar-refractivity contribution in [3.8, 4) is 0 Å². The molecule has 0 heterocycles. The lowest BCUT2D eigenvalue weighted by atomic mass is 10.0. The molecule has 0 rings (SSSR count). The SMILES string of the molecule is BCC(=O)N(CCN)CCOC(C)C. The molecule has 5 heteroatoms. The van der Waals surface area contributed by atoms with Gasteiger partial charge in [-0.05, 0) is 20.2 Å². The zero-order chi connectivity index (χ0) is 11.0. The molecule has 0 spiro atoms. The van der Waals surface area contributed by atoms with E-state index in [2.05, 4.69) is 0 Å². The number of rotatable bonds is 7. The number of hydrogen-bond donors (Lipinski definition) is 1. The molecule has 82 valence electrons. The van der Waals surface area contributed by atoms with Gasteiger partial charge in [0.1, 0.15) is 7.85 Å². The van der Waals surface area contributed by atoms with Gasteiger partial charge in [-0.25, -0.2) is 0 Å². The number of ether oxygens (including phenoxy) is 1. The van der Waals surface area contributed by atoms with Gasteiger partial charge >= 0.3 is 0 Å².